The summed E-state index contributed by atoms with van der Waals surface area (Å²) in [6, 6.07) is 4.47. The molecular weight excluding hydrogens is 335 g/mol. The van der Waals surface area contributed by atoms with E-state index >= 15 is 0 Å². The molecule has 2 N–H and O–H groups in total. The van der Waals surface area contributed by atoms with Crippen LogP contribution in [-0.4, -0.2) is 49.4 Å². The van der Waals surface area contributed by atoms with Crippen molar-refractivity contribution in [2.24, 2.45) is 5.41 Å². The van der Waals surface area contributed by atoms with Gasteiger partial charge in [0.1, 0.15) is 0 Å². The number of halogens is 3. The number of rotatable bonds is 4. The molecule has 0 bridgehead atoms. The molecule has 0 atom stereocenters. The minimum atomic E-state index is -4.38. The summed E-state index contributed by atoms with van der Waals surface area (Å²) in [7, 11) is 0. The molecule has 2 aliphatic rings. The molecular formula is C17H18F3N3O2. The molecule has 5 nitrogen and oxygen atoms in total. The van der Waals surface area contributed by atoms with E-state index in [9.17, 15) is 22.8 Å². The molecule has 0 aliphatic carbocycles. The zero-order valence-electron chi connectivity index (χ0n) is 13.4. The lowest BCUT2D eigenvalue weighted by Gasteiger charge is -2.56. The first-order chi connectivity index (χ1) is 11.8. The third-order valence-electron chi connectivity index (χ3n) is 4.48. The maximum absolute atomic E-state index is 12.5. The maximum Gasteiger partial charge on any atom is 0.416 e. The van der Waals surface area contributed by atoms with Gasteiger partial charge in [0.25, 0.3) is 0 Å². The van der Waals surface area contributed by atoms with Crippen LogP contribution in [-0.2, 0) is 15.8 Å². The van der Waals surface area contributed by atoms with Gasteiger partial charge >= 0.3 is 6.18 Å². The van der Waals surface area contributed by atoms with Gasteiger partial charge in [0, 0.05) is 37.7 Å². The number of alkyl halides is 3. The summed E-state index contributed by atoms with van der Waals surface area (Å²) in [6.45, 7) is 3.21. The number of hydrogen-bond donors (Lipinski definition) is 2. The first-order valence-electron chi connectivity index (χ1n) is 7.89. The number of carbonyl (C=O) groups is 2. The molecule has 2 fully saturated rings. The van der Waals surface area contributed by atoms with E-state index in [1.807, 2.05) is 0 Å². The highest BCUT2D eigenvalue weighted by Crippen LogP contribution is 2.33. The molecule has 2 amide bonds. The van der Waals surface area contributed by atoms with Crippen LogP contribution in [0.25, 0.3) is 6.08 Å². The molecule has 2 aliphatic heterocycles. The monoisotopic (exact) mass is 353 g/mol. The fraction of sp³-hybridized carbons (Fsp3) is 0.412. The van der Waals surface area contributed by atoms with Crippen molar-refractivity contribution in [1.29, 1.82) is 0 Å². The van der Waals surface area contributed by atoms with Crippen LogP contribution in [0.15, 0.2) is 30.3 Å². The number of hydrogen-bond acceptors (Lipinski definition) is 3. The van der Waals surface area contributed by atoms with Gasteiger partial charge in [-0.15, -0.1) is 0 Å². The van der Waals surface area contributed by atoms with Crippen LogP contribution in [0, 0.1) is 5.41 Å². The van der Waals surface area contributed by atoms with Crippen molar-refractivity contribution < 1.29 is 22.8 Å². The number of carbonyl (C=O) groups excluding carboxylic acids is 2. The Hall–Kier alpha value is -2.35. The number of nitrogens with one attached hydrogen (secondary N) is 2. The lowest BCUT2D eigenvalue weighted by molar-refractivity contribution is -0.146. The van der Waals surface area contributed by atoms with Gasteiger partial charge in [-0.25, -0.2) is 0 Å². The molecule has 1 spiro atoms. The third kappa shape index (κ3) is 4.01. The zero-order valence-corrected chi connectivity index (χ0v) is 13.4. The summed E-state index contributed by atoms with van der Waals surface area (Å²) in [4.78, 5) is 25.3. The molecule has 0 aromatic heterocycles. The predicted molar refractivity (Wildman–Crippen MR) is 85.4 cm³/mol. The molecule has 134 valence electrons. The van der Waals surface area contributed by atoms with Crippen LogP contribution >= 0.6 is 0 Å². The maximum atomic E-state index is 12.5. The predicted octanol–water partition coefficient (Wildman–Crippen LogP) is 1.27. The molecule has 0 saturated carbocycles. The highest BCUT2D eigenvalue weighted by atomic mass is 19.4. The fourth-order valence-corrected chi connectivity index (χ4v) is 2.93. The zero-order chi connectivity index (χ0) is 18.1. The number of benzene rings is 1. The van der Waals surface area contributed by atoms with Crippen molar-refractivity contribution in [1.82, 2.24) is 15.5 Å². The SMILES string of the molecule is O=C(/C=C/c1ccc(C(F)(F)F)cc1)NCC(=O)N1CC2(CNC2)C1. The Morgan fingerprint density at radius 3 is 2.36 bits per heavy atom. The molecule has 0 unspecified atom stereocenters. The normalized spacial score (nSPS) is 18.8. The Kier molecular flexibility index (Phi) is 4.55. The lowest BCUT2D eigenvalue weighted by Crippen LogP contribution is -2.72. The van der Waals surface area contributed by atoms with Gasteiger partial charge in [-0.05, 0) is 23.8 Å². The van der Waals surface area contributed by atoms with E-state index in [2.05, 4.69) is 10.6 Å². The first-order valence-corrected chi connectivity index (χ1v) is 7.89. The second-order valence-corrected chi connectivity index (χ2v) is 6.52. The second-order valence-electron chi connectivity index (χ2n) is 6.52. The topological polar surface area (TPSA) is 61.4 Å². The Bertz CT molecular complexity index is 686. The van der Waals surface area contributed by atoms with Crippen LogP contribution in [0.1, 0.15) is 11.1 Å². The number of amides is 2. The quantitative estimate of drug-likeness (QED) is 0.802. The minimum absolute atomic E-state index is 0.0836. The van der Waals surface area contributed by atoms with Crippen LogP contribution in [0.2, 0.25) is 0 Å². The van der Waals surface area contributed by atoms with E-state index in [4.69, 9.17) is 0 Å². The largest absolute Gasteiger partial charge is 0.416 e. The Balaban J connectivity index is 1.43. The van der Waals surface area contributed by atoms with Crippen LogP contribution in [0.3, 0.4) is 0 Å². The smallest absolute Gasteiger partial charge is 0.343 e. The second kappa shape index (κ2) is 6.51. The Morgan fingerprint density at radius 2 is 1.84 bits per heavy atom. The van der Waals surface area contributed by atoms with Gasteiger partial charge in [-0.3, -0.25) is 9.59 Å². The summed E-state index contributed by atoms with van der Waals surface area (Å²) in [5, 5.41) is 5.67. The summed E-state index contributed by atoms with van der Waals surface area (Å²) < 4.78 is 37.4. The van der Waals surface area contributed by atoms with Gasteiger partial charge in [0.05, 0.1) is 12.1 Å². The van der Waals surface area contributed by atoms with E-state index in [-0.39, 0.29) is 17.9 Å². The Morgan fingerprint density at radius 1 is 1.20 bits per heavy atom. The van der Waals surface area contributed by atoms with Crippen LogP contribution < -0.4 is 10.6 Å². The minimum Gasteiger partial charge on any atom is -0.343 e. The Labute approximate surface area is 142 Å². The standard InChI is InChI=1S/C17H18F3N3O2/c18-17(19,20)13-4-1-12(2-5-13)3-6-14(24)22-7-15(25)23-10-16(11-23)8-21-9-16/h1-6,21H,7-11H2,(H,22,24)/b6-3+. The van der Waals surface area contributed by atoms with Crippen molar-refractivity contribution in [3.63, 3.8) is 0 Å². The summed E-state index contributed by atoms with van der Waals surface area (Å²) in [6.07, 6.45) is -1.78. The molecule has 2 heterocycles. The molecule has 2 saturated heterocycles. The van der Waals surface area contributed by atoms with Gasteiger partial charge in [0.15, 0.2) is 0 Å². The fourth-order valence-electron chi connectivity index (χ4n) is 2.93. The van der Waals surface area contributed by atoms with Gasteiger partial charge < -0.3 is 15.5 Å². The molecule has 0 radical (unpaired) electrons. The van der Waals surface area contributed by atoms with E-state index in [0.29, 0.717) is 5.56 Å². The summed E-state index contributed by atoms with van der Waals surface area (Å²) in [5.41, 5.74) is -0.0346. The van der Waals surface area contributed by atoms with Gasteiger partial charge in [-0.2, -0.15) is 13.2 Å². The van der Waals surface area contributed by atoms with Crippen LogP contribution in [0.5, 0.6) is 0 Å². The molecule has 3 rings (SSSR count). The number of nitrogens with zero attached hydrogens (tertiary/aromatic N) is 1. The van der Waals surface area contributed by atoms with Crippen molar-refractivity contribution in [3.05, 3.63) is 41.5 Å². The molecule has 25 heavy (non-hydrogen) atoms. The van der Waals surface area contributed by atoms with E-state index in [0.717, 1.165) is 38.3 Å². The van der Waals surface area contributed by atoms with E-state index in [1.165, 1.54) is 24.3 Å². The molecule has 8 heteroatoms. The average Bonchev–Trinajstić information content (AvgIpc) is 2.47. The average molecular weight is 353 g/mol. The molecule has 1 aromatic rings. The van der Waals surface area contributed by atoms with E-state index < -0.39 is 17.6 Å². The van der Waals surface area contributed by atoms with Gasteiger partial charge in [0.2, 0.25) is 11.8 Å². The van der Waals surface area contributed by atoms with Crippen molar-refractivity contribution >= 4 is 17.9 Å². The summed E-state index contributed by atoms with van der Waals surface area (Å²) in [5.74, 6) is -0.595. The molecule has 1 aromatic carbocycles. The van der Waals surface area contributed by atoms with Crippen molar-refractivity contribution in [3.8, 4) is 0 Å². The van der Waals surface area contributed by atoms with Crippen molar-refractivity contribution in [2.75, 3.05) is 32.7 Å². The highest BCUT2D eigenvalue weighted by molar-refractivity contribution is 5.94. The first kappa shape index (κ1) is 17.5. The third-order valence-corrected chi connectivity index (χ3v) is 4.48. The highest BCUT2D eigenvalue weighted by Gasteiger charge is 2.48. The van der Waals surface area contributed by atoms with Gasteiger partial charge in [-0.1, -0.05) is 12.1 Å². The summed E-state index contributed by atoms with van der Waals surface area (Å²) >= 11 is 0. The lowest BCUT2D eigenvalue weighted by atomic mass is 9.74. The van der Waals surface area contributed by atoms with Crippen molar-refractivity contribution in [2.45, 2.75) is 6.18 Å². The number of likely N-dealkylation sites (tertiary alicyclic amines) is 1. The van der Waals surface area contributed by atoms with Crippen LogP contribution in [0.4, 0.5) is 13.2 Å². The van der Waals surface area contributed by atoms with E-state index in [1.54, 1.807) is 4.90 Å².